The van der Waals surface area contributed by atoms with Crippen molar-refractivity contribution in [2.75, 3.05) is 12.4 Å². The van der Waals surface area contributed by atoms with Crippen LogP contribution in [0.5, 0.6) is 5.75 Å². The van der Waals surface area contributed by atoms with E-state index in [1.807, 2.05) is 47.1 Å². The summed E-state index contributed by atoms with van der Waals surface area (Å²) < 4.78 is 12.4. The second-order valence-electron chi connectivity index (χ2n) is 5.44. The summed E-state index contributed by atoms with van der Waals surface area (Å²) in [4.78, 5) is 16.9. The van der Waals surface area contributed by atoms with Crippen molar-refractivity contribution < 1.29 is 13.9 Å². The number of carbonyl (C=O) groups is 1. The van der Waals surface area contributed by atoms with E-state index >= 15 is 0 Å². The predicted molar refractivity (Wildman–Crippen MR) is 93.8 cm³/mol. The molecule has 0 spiro atoms. The van der Waals surface area contributed by atoms with Crippen LogP contribution < -0.4 is 10.1 Å². The second-order valence-corrected chi connectivity index (χ2v) is 5.44. The van der Waals surface area contributed by atoms with Gasteiger partial charge < -0.3 is 18.9 Å². The SMILES string of the molecule is COc1ccc(-c2cn3ccccc3n2)cc1NC(=O)c1ccco1. The van der Waals surface area contributed by atoms with Crippen molar-refractivity contribution in [1.29, 1.82) is 0 Å². The number of benzene rings is 1. The molecule has 1 aromatic carbocycles. The minimum atomic E-state index is -0.338. The van der Waals surface area contributed by atoms with Gasteiger partial charge in [-0.05, 0) is 42.5 Å². The number of fused-ring (bicyclic) bond motifs is 1. The number of furan rings is 1. The lowest BCUT2D eigenvalue weighted by atomic mass is 10.1. The molecule has 3 heterocycles. The van der Waals surface area contributed by atoms with E-state index in [1.54, 1.807) is 25.3 Å². The van der Waals surface area contributed by atoms with Crippen molar-refractivity contribution >= 4 is 17.2 Å². The second kappa shape index (κ2) is 6.16. The van der Waals surface area contributed by atoms with Crippen molar-refractivity contribution in [2.45, 2.75) is 0 Å². The van der Waals surface area contributed by atoms with Gasteiger partial charge in [0.1, 0.15) is 11.4 Å². The molecular weight excluding hydrogens is 318 g/mol. The molecule has 0 aliphatic heterocycles. The first-order chi connectivity index (χ1) is 12.2. The van der Waals surface area contributed by atoms with Crippen LogP contribution in [0.3, 0.4) is 0 Å². The van der Waals surface area contributed by atoms with Gasteiger partial charge in [0.05, 0.1) is 24.8 Å². The molecule has 0 fully saturated rings. The molecule has 3 aromatic heterocycles. The third-order valence-corrected chi connectivity index (χ3v) is 3.85. The van der Waals surface area contributed by atoms with Gasteiger partial charge in [0.15, 0.2) is 5.76 Å². The topological polar surface area (TPSA) is 68.8 Å². The van der Waals surface area contributed by atoms with Gasteiger partial charge in [-0.2, -0.15) is 0 Å². The smallest absolute Gasteiger partial charge is 0.291 e. The van der Waals surface area contributed by atoms with Gasteiger partial charge in [-0.1, -0.05) is 6.07 Å². The van der Waals surface area contributed by atoms with Crippen LogP contribution in [0.15, 0.2) is 71.6 Å². The van der Waals surface area contributed by atoms with Crippen molar-refractivity contribution in [3.05, 3.63) is 72.9 Å². The lowest BCUT2D eigenvalue weighted by molar-refractivity contribution is 0.0996. The Morgan fingerprint density at radius 2 is 2.12 bits per heavy atom. The van der Waals surface area contributed by atoms with Gasteiger partial charge in [0.25, 0.3) is 5.91 Å². The number of nitrogens with zero attached hydrogens (tertiary/aromatic N) is 2. The van der Waals surface area contributed by atoms with Crippen LogP contribution >= 0.6 is 0 Å². The average molecular weight is 333 g/mol. The first kappa shape index (κ1) is 15.0. The number of hydrogen-bond acceptors (Lipinski definition) is 4. The maximum Gasteiger partial charge on any atom is 0.291 e. The van der Waals surface area contributed by atoms with Crippen LogP contribution in [-0.2, 0) is 0 Å². The van der Waals surface area contributed by atoms with Crippen LogP contribution in [0.2, 0.25) is 0 Å². The van der Waals surface area contributed by atoms with E-state index in [9.17, 15) is 4.79 Å². The van der Waals surface area contributed by atoms with Gasteiger partial charge in [-0.25, -0.2) is 4.98 Å². The van der Waals surface area contributed by atoms with Gasteiger partial charge >= 0.3 is 0 Å². The lowest BCUT2D eigenvalue weighted by Gasteiger charge is -2.10. The Morgan fingerprint density at radius 3 is 2.88 bits per heavy atom. The maximum atomic E-state index is 12.3. The number of imidazole rings is 1. The third-order valence-electron chi connectivity index (χ3n) is 3.85. The van der Waals surface area contributed by atoms with Crippen molar-refractivity contribution in [3.8, 4) is 17.0 Å². The highest BCUT2D eigenvalue weighted by Gasteiger charge is 2.14. The largest absolute Gasteiger partial charge is 0.495 e. The van der Waals surface area contributed by atoms with Crippen molar-refractivity contribution in [1.82, 2.24) is 9.38 Å². The highest BCUT2D eigenvalue weighted by molar-refractivity contribution is 6.03. The fourth-order valence-corrected chi connectivity index (χ4v) is 2.63. The summed E-state index contributed by atoms with van der Waals surface area (Å²) in [6.45, 7) is 0. The summed E-state index contributed by atoms with van der Waals surface area (Å²) in [5, 5.41) is 2.82. The predicted octanol–water partition coefficient (Wildman–Crippen LogP) is 3.86. The van der Waals surface area contributed by atoms with Gasteiger partial charge in [-0.3, -0.25) is 4.79 Å². The molecule has 124 valence electrons. The Hall–Kier alpha value is -3.54. The lowest BCUT2D eigenvalue weighted by Crippen LogP contribution is -2.11. The van der Waals surface area contributed by atoms with Crippen LogP contribution in [0.25, 0.3) is 16.9 Å². The fourth-order valence-electron chi connectivity index (χ4n) is 2.63. The maximum absolute atomic E-state index is 12.3. The Kier molecular flexibility index (Phi) is 3.70. The van der Waals surface area contributed by atoms with E-state index in [-0.39, 0.29) is 11.7 Å². The molecule has 0 unspecified atom stereocenters. The molecule has 1 N–H and O–H groups in total. The standard InChI is InChI=1S/C19H15N3O3/c1-24-16-8-7-13(15-12-22-9-3-2-6-18(22)20-15)11-14(16)21-19(23)17-5-4-10-25-17/h2-12H,1H3,(H,21,23). The number of hydrogen-bond donors (Lipinski definition) is 1. The molecule has 1 amide bonds. The van der Waals surface area contributed by atoms with Crippen molar-refractivity contribution in [2.24, 2.45) is 0 Å². The van der Waals surface area contributed by atoms with Crippen LogP contribution in [0, 0.1) is 0 Å². The molecule has 0 aliphatic rings. The minimum Gasteiger partial charge on any atom is -0.495 e. The van der Waals surface area contributed by atoms with E-state index in [2.05, 4.69) is 10.3 Å². The molecule has 0 aliphatic carbocycles. The molecule has 4 rings (SSSR count). The molecule has 4 aromatic rings. The third kappa shape index (κ3) is 2.85. The number of nitrogens with one attached hydrogen (secondary N) is 1. The molecule has 0 saturated heterocycles. The van der Waals surface area contributed by atoms with Crippen LogP contribution in [0.1, 0.15) is 10.6 Å². The molecule has 6 heteroatoms. The number of rotatable bonds is 4. The van der Waals surface area contributed by atoms with E-state index in [0.29, 0.717) is 11.4 Å². The normalized spacial score (nSPS) is 10.8. The Morgan fingerprint density at radius 1 is 1.20 bits per heavy atom. The van der Waals surface area contributed by atoms with Gasteiger partial charge in [0, 0.05) is 18.0 Å². The summed E-state index contributed by atoms with van der Waals surface area (Å²) >= 11 is 0. The number of pyridine rings is 1. The monoisotopic (exact) mass is 333 g/mol. The number of amides is 1. The van der Waals surface area contributed by atoms with E-state index < -0.39 is 0 Å². The first-order valence-corrected chi connectivity index (χ1v) is 7.71. The van der Waals surface area contributed by atoms with Gasteiger partial charge in [0.2, 0.25) is 0 Å². The zero-order chi connectivity index (χ0) is 17.2. The number of aromatic nitrogens is 2. The summed E-state index contributed by atoms with van der Waals surface area (Å²) in [5.41, 5.74) is 3.09. The molecule has 0 atom stereocenters. The van der Waals surface area contributed by atoms with E-state index in [1.165, 1.54) is 6.26 Å². The van der Waals surface area contributed by atoms with Crippen LogP contribution in [-0.4, -0.2) is 22.4 Å². The molecular formula is C19H15N3O3. The van der Waals surface area contributed by atoms with Gasteiger partial charge in [-0.15, -0.1) is 0 Å². The quantitative estimate of drug-likeness (QED) is 0.616. The minimum absolute atomic E-state index is 0.236. The number of carbonyl (C=O) groups excluding carboxylic acids is 1. The average Bonchev–Trinajstić information content (AvgIpc) is 3.31. The summed E-state index contributed by atoms with van der Waals surface area (Å²) in [5.74, 6) is 0.461. The highest BCUT2D eigenvalue weighted by atomic mass is 16.5. The summed E-state index contributed by atoms with van der Waals surface area (Å²) in [6.07, 6.45) is 5.34. The summed E-state index contributed by atoms with van der Waals surface area (Å²) in [6, 6.07) is 14.6. The molecule has 0 radical (unpaired) electrons. The van der Waals surface area contributed by atoms with E-state index in [0.717, 1.165) is 16.9 Å². The molecule has 0 saturated carbocycles. The van der Waals surface area contributed by atoms with Crippen LogP contribution in [0.4, 0.5) is 5.69 Å². The molecule has 25 heavy (non-hydrogen) atoms. The first-order valence-electron chi connectivity index (χ1n) is 7.71. The number of anilines is 1. The molecule has 6 nitrogen and oxygen atoms in total. The van der Waals surface area contributed by atoms with Crippen molar-refractivity contribution in [3.63, 3.8) is 0 Å². The highest BCUT2D eigenvalue weighted by Crippen LogP contribution is 2.30. The Bertz CT molecular complexity index is 1000. The number of methoxy groups -OCH3 is 1. The number of ether oxygens (including phenoxy) is 1. The van der Waals surface area contributed by atoms with E-state index in [4.69, 9.17) is 9.15 Å². The summed E-state index contributed by atoms with van der Waals surface area (Å²) in [7, 11) is 1.56. The zero-order valence-corrected chi connectivity index (χ0v) is 13.5. The zero-order valence-electron chi connectivity index (χ0n) is 13.5. The molecule has 0 bridgehead atoms. The Labute approximate surface area is 143 Å². The Balaban J connectivity index is 1.71. The fraction of sp³-hybridized carbons (Fsp3) is 0.0526.